The van der Waals surface area contributed by atoms with Gasteiger partial charge in [-0.1, -0.05) is 58.6 Å². The second-order valence-corrected chi connectivity index (χ2v) is 7.28. The molecule has 0 unspecified atom stereocenters. The van der Waals surface area contributed by atoms with Crippen LogP contribution in [0.2, 0.25) is 5.02 Å². The van der Waals surface area contributed by atoms with E-state index < -0.39 is 0 Å². The molecule has 1 fully saturated rings. The molecule has 1 N–H and O–H groups in total. The first-order valence-corrected chi connectivity index (χ1v) is 10.3. The van der Waals surface area contributed by atoms with Crippen LogP contribution in [-0.4, -0.2) is 38.2 Å². The summed E-state index contributed by atoms with van der Waals surface area (Å²) in [6.07, 6.45) is 8.58. The van der Waals surface area contributed by atoms with Gasteiger partial charge >= 0.3 is 0 Å². The lowest BCUT2D eigenvalue weighted by molar-refractivity contribution is 0.0953. The van der Waals surface area contributed by atoms with E-state index in [1.165, 1.54) is 38.0 Å². The summed E-state index contributed by atoms with van der Waals surface area (Å²) in [7, 11) is 0. The smallest absolute Gasteiger partial charge is 0.252 e. The van der Waals surface area contributed by atoms with Crippen molar-refractivity contribution in [3.8, 4) is 5.75 Å². The number of carbonyl (C=O) groups excluding carboxylic acids is 1. The molecule has 0 aromatic heterocycles. The van der Waals surface area contributed by atoms with Crippen LogP contribution in [-0.2, 0) is 4.74 Å². The van der Waals surface area contributed by atoms with Crippen molar-refractivity contribution in [3.63, 3.8) is 0 Å². The van der Waals surface area contributed by atoms with Crippen molar-refractivity contribution in [1.29, 1.82) is 0 Å². The van der Waals surface area contributed by atoms with Crippen LogP contribution in [0.3, 0.4) is 0 Å². The van der Waals surface area contributed by atoms with Crippen LogP contribution in [0, 0.1) is 20.8 Å². The molecule has 0 bridgehead atoms. The van der Waals surface area contributed by atoms with Crippen molar-refractivity contribution in [2.75, 3.05) is 32.2 Å². The zero-order valence-corrected chi connectivity index (χ0v) is 18.1. The molecule has 1 aromatic rings. The van der Waals surface area contributed by atoms with Crippen LogP contribution < -0.4 is 10.1 Å². The summed E-state index contributed by atoms with van der Waals surface area (Å²) in [6, 6.07) is 5.13. The Balaban J connectivity index is 0.00000364. The third kappa shape index (κ3) is 9.99. The standard InChI is InChI=1S/C20H28Cl2NO3.2CH2/c21-10-11-25-12-13-26-17-8-9-19(22)18(14-17)20(24)23-15-16-6-4-2-1-3-5-7-16;;/h8-9,14H,1-7,10-13,15H2,(H,23,24);2*1H2. The number of hydrogen-bond donors (Lipinski definition) is 1. The van der Waals surface area contributed by atoms with E-state index in [0.29, 0.717) is 48.6 Å². The van der Waals surface area contributed by atoms with Crippen molar-refractivity contribution >= 4 is 29.1 Å². The topological polar surface area (TPSA) is 47.6 Å². The second kappa shape index (κ2) is 15.9. The predicted octanol–water partition coefficient (Wildman–Crippen LogP) is 5.68. The quantitative estimate of drug-likeness (QED) is 0.406. The zero-order chi connectivity index (χ0) is 18.6. The molecular weight excluding hydrogens is 397 g/mol. The molecular formula is C22H32Cl2NO3. The highest BCUT2D eigenvalue weighted by Gasteiger charge is 2.16. The largest absolute Gasteiger partial charge is 0.491 e. The van der Waals surface area contributed by atoms with Crippen molar-refractivity contribution in [1.82, 2.24) is 5.32 Å². The van der Waals surface area contributed by atoms with Crippen LogP contribution in [0.4, 0.5) is 0 Å². The molecule has 6 heteroatoms. The zero-order valence-electron chi connectivity index (χ0n) is 16.6. The van der Waals surface area contributed by atoms with Gasteiger partial charge in [0.2, 0.25) is 0 Å². The van der Waals surface area contributed by atoms with Crippen molar-refractivity contribution in [2.24, 2.45) is 0 Å². The minimum atomic E-state index is -0.159. The molecule has 0 spiro atoms. The Morgan fingerprint density at radius 3 is 2.36 bits per heavy atom. The highest BCUT2D eigenvalue weighted by molar-refractivity contribution is 6.33. The van der Waals surface area contributed by atoms with Gasteiger partial charge in [-0.25, -0.2) is 0 Å². The maximum absolute atomic E-state index is 12.5. The third-order valence-corrected chi connectivity index (χ3v) is 4.94. The Morgan fingerprint density at radius 2 is 1.68 bits per heavy atom. The molecule has 0 heterocycles. The third-order valence-electron chi connectivity index (χ3n) is 4.46. The number of amides is 1. The van der Waals surface area contributed by atoms with Gasteiger partial charge in [-0.15, -0.1) is 11.6 Å². The summed E-state index contributed by atoms with van der Waals surface area (Å²) < 4.78 is 10.9. The van der Waals surface area contributed by atoms with Gasteiger partial charge in [-0.3, -0.25) is 4.79 Å². The highest BCUT2D eigenvalue weighted by Crippen LogP contribution is 2.25. The Kier molecular flexibility index (Phi) is 15.3. The Morgan fingerprint density at radius 1 is 1.00 bits per heavy atom. The highest BCUT2D eigenvalue weighted by atomic mass is 35.5. The molecule has 1 amide bonds. The summed E-state index contributed by atoms with van der Waals surface area (Å²) in [4.78, 5) is 12.5. The van der Waals surface area contributed by atoms with Gasteiger partial charge in [0.1, 0.15) is 12.4 Å². The number of halogens is 2. The molecule has 4 nitrogen and oxygen atoms in total. The number of nitrogens with one attached hydrogen (secondary N) is 1. The summed E-state index contributed by atoms with van der Waals surface area (Å²) >= 11 is 11.7. The molecule has 1 saturated carbocycles. The van der Waals surface area contributed by atoms with Gasteiger partial charge in [0, 0.05) is 12.4 Å². The van der Waals surface area contributed by atoms with Crippen molar-refractivity contribution in [3.05, 3.63) is 49.6 Å². The Hall–Kier alpha value is -0.970. The molecule has 5 radical (unpaired) electrons. The summed E-state index contributed by atoms with van der Waals surface area (Å²) in [5, 5.41) is 3.44. The average molecular weight is 429 g/mol. The lowest BCUT2D eigenvalue weighted by Gasteiger charge is -2.19. The van der Waals surface area contributed by atoms with E-state index in [2.05, 4.69) is 5.32 Å². The van der Waals surface area contributed by atoms with E-state index in [1.54, 1.807) is 18.2 Å². The SMILES string of the molecule is O=C(NC[C]1CCCCCCC1)c1cc(OCCOCCCl)ccc1Cl.[CH2].[CH2]. The van der Waals surface area contributed by atoms with Gasteiger partial charge in [0.05, 0.1) is 23.8 Å². The number of alkyl halides is 1. The van der Waals surface area contributed by atoms with Gasteiger partial charge in [0.25, 0.3) is 5.91 Å². The Labute approximate surface area is 181 Å². The minimum Gasteiger partial charge on any atom is -0.491 e. The summed E-state index contributed by atoms with van der Waals surface area (Å²) in [5.74, 6) is 2.34. The lowest BCUT2D eigenvalue weighted by atomic mass is 9.91. The number of ether oxygens (including phenoxy) is 2. The first-order chi connectivity index (χ1) is 12.7. The van der Waals surface area contributed by atoms with Gasteiger partial charge in [0.15, 0.2) is 0 Å². The Bertz CT molecular complexity index is 547. The molecule has 2 rings (SSSR count). The molecule has 1 aromatic carbocycles. The molecule has 1 aliphatic carbocycles. The fourth-order valence-electron chi connectivity index (χ4n) is 3.03. The van der Waals surface area contributed by atoms with Gasteiger partial charge in [-0.2, -0.15) is 0 Å². The van der Waals surface area contributed by atoms with Crippen LogP contribution in [0.25, 0.3) is 0 Å². The van der Waals surface area contributed by atoms with Crippen LogP contribution in [0.5, 0.6) is 5.75 Å². The fraction of sp³-hybridized carbons (Fsp3) is 0.545. The predicted molar refractivity (Wildman–Crippen MR) is 117 cm³/mol. The van der Waals surface area contributed by atoms with Gasteiger partial charge < -0.3 is 14.8 Å². The summed E-state index contributed by atoms with van der Waals surface area (Å²) in [6.45, 7) is 1.98. The van der Waals surface area contributed by atoms with E-state index in [0.717, 1.165) is 12.8 Å². The van der Waals surface area contributed by atoms with E-state index in [9.17, 15) is 4.79 Å². The number of hydrogen-bond acceptors (Lipinski definition) is 3. The summed E-state index contributed by atoms with van der Waals surface area (Å²) in [5.41, 5.74) is 0.442. The normalized spacial score (nSPS) is 14.8. The van der Waals surface area contributed by atoms with Crippen molar-refractivity contribution < 1.29 is 14.3 Å². The molecule has 0 aliphatic heterocycles. The maximum atomic E-state index is 12.5. The first kappa shape index (κ1) is 27.0. The number of carbonyl (C=O) groups is 1. The van der Waals surface area contributed by atoms with Crippen LogP contribution >= 0.6 is 23.2 Å². The van der Waals surface area contributed by atoms with E-state index >= 15 is 0 Å². The monoisotopic (exact) mass is 428 g/mol. The minimum absolute atomic E-state index is 0. The molecule has 0 saturated heterocycles. The van der Waals surface area contributed by atoms with Crippen LogP contribution in [0.1, 0.15) is 55.3 Å². The number of rotatable bonds is 9. The molecule has 157 valence electrons. The fourth-order valence-corrected chi connectivity index (χ4v) is 3.34. The van der Waals surface area contributed by atoms with E-state index in [-0.39, 0.29) is 20.8 Å². The van der Waals surface area contributed by atoms with E-state index in [4.69, 9.17) is 32.7 Å². The van der Waals surface area contributed by atoms with Crippen molar-refractivity contribution in [2.45, 2.75) is 44.9 Å². The average Bonchev–Trinajstić information content (AvgIpc) is 2.61. The van der Waals surface area contributed by atoms with E-state index in [1.807, 2.05) is 0 Å². The van der Waals surface area contributed by atoms with Crippen LogP contribution in [0.15, 0.2) is 18.2 Å². The maximum Gasteiger partial charge on any atom is 0.252 e. The molecule has 0 atom stereocenters. The first-order valence-electron chi connectivity index (χ1n) is 9.38. The number of benzene rings is 1. The molecule has 1 aliphatic rings. The van der Waals surface area contributed by atoms with Gasteiger partial charge in [-0.05, 0) is 37.0 Å². The second-order valence-electron chi connectivity index (χ2n) is 6.49. The lowest BCUT2D eigenvalue weighted by Crippen LogP contribution is -2.29. The molecule has 28 heavy (non-hydrogen) atoms.